The van der Waals surface area contributed by atoms with Crippen molar-refractivity contribution in [2.45, 2.75) is 65.6 Å². The number of pyridine rings is 1. The van der Waals surface area contributed by atoms with E-state index in [1.165, 1.54) is 18.5 Å². The lowest BCUT2D eigenvalue weighted by molar-refractivity contribution is 0.0434. The molecule has 2 rings (SSSR count). The molecule has 0 bridgehead atoms. The molecule has 1 aromatic rings. The molecule has 0 saturated carbocycles. The van der Waals surface area contributed by atoms with Crippen LogP contribution in [0, 0.1) is 12.8 Å². The topological polar surface area (TPSA) is 28.2 Å². The van der Waals surface area contributed by atoms with Crippen molar-refractivity contribution in [3.05, 3.63) is 29.6 Å². The van der Waals surface area contributed by atoms with Gasteiger partial charge < -0.3 is 5.32 Å². The highest BCUT2D eigenvalue weighted by molar-refractivity contribution is 5.11. The van der Waals surface area contributed by atoms with Crippen molar-refractivity contribution in [1.82, 2.24) is 15.2 Å². The smallest absolute Gasteiger partial charge is 0.0547 e. The molecule has 1 unspecified atom stereocenters. The van der Waals surface area contributed by atoms with E-state index >= 15 is 0 Å². The van der Waals surface area contributed by atoms with Gasteiger partial charge in [-0.25, -0.2) is 0 Å². The Balaban J connectivity index is 2.18. The van der Waals surface area contributed by atoms with Crippen molar-refractivity contribution in [3.63, 3.8) is 0 Å². The van der Waals surface area contributed by atoms with E-state index in [1.807, 2.05) is 0 Å². The van der Waals surface area contributed by atoms with E-state index < -0.39 is 0 Å². The van der Waals surface area contributed by atoms with Crippen LogP contribution in [0.4, 0.5) is 0 Å². The minimum Gasteiger partial charge on any atom is -0.308 e. The normalized spacial score (nSPS) is 22.7. The van der Waals surface area contributed by atoms with E-state index in [0.29, 0.717) is 12.0 Å². The molecule has 1 aliphatic heterocycles. The molecule has 0 radical (unpaired) electrons. The molecule has 118 valence electrons. The third-order valence-corrected chi connectivity index (χ3v) is 5.10. The molecule has 0 aromatic carbocycles. The van der Waals surface area contributed by atoms with Crippen LogP contribution >= 0.6 is 0 Å². The van der Waals surface area contributed by atoms with Gasteiger partial charge in [-0.15, -0.1) is 0 Å². The summed E-state index contributed by atoms with van der Waals surface area (Å²) in [6.07, 6.45) is 2.37. The molecule has 1 aliphatic rings. The second-order valence-electron chi connectivity index (χ2n) is 6.85. The number of hydrogen-bond donors (Lipinski definition) is 1. The predicted octanol–water partition coefficient (Wildman–Crippen LogP) is 3.38. The van der Waals surface area contributed by atoms with Gasteiger partial charge in [0.2, 0.25) is 0 Å². The summed E-state index contributed by atoms with van der Waals surface area (Å²) in [5.41, 5.74) is 2.58. The second-order valence-corrected chi connectivity index (χ2v) is 6.85. The first kappa shape index (κ1) is 16.4. The molecular weight excluding hydrogens is 258 g/mol. The summed E-state index contributed by atoms with van der Waals surface area (Å²) in [6, 6.07) is 6.95. The maximum atomic E-state index is 4.70. The molecule has 3 nitrogen and oxygen atoms in total. The average molecular weight is 289 g/mol. The van der Waals surface area contributed by atoms with E-state index in [1.54, 1.807) is 0 Å². The van der Waals surface area contributed by atoms with Crippen LogP contribution in [0.25, 0.3) is 0 Å². The zero-order valence-electron chi connectivity index (χ0n) is 14.3. The zero-order valence-corrected chi connectivity index (χ0v) is 14.3. The van der Waals surface area contributed by atoms with Gasteiger partial charge in [0.05, 0.1) is 5.69 Å². The number of nitrogens with one attached hydrogen (secondary N) is 1. The van der Waals surface area contributed by atoms with Crippen molar-refractivity contribution >= 4 is 0 Å². The van der Waals surface area contributed by atoms with Gasteiger partial charge in [0.1, 0.15) is 0 Å². The largest absolute Gasteiger partial charge is 0.308 e. The summed E-state index contributed by atoms with van der Waals surface area (Å²) in [5.74, 6) is 0.661. The number of rotatable bonds is 5. The standard InChI is InChI=1S/C18H31N3/c1-6-18(7-2)13-21(17(11-19-18)14(3)4)12-16-10-8-9-15(5)20-16/h8-10,14,17,19H,6-7,11-13H2,1-5H3. The molecule has 1 N–H and O–H groups in total. The van der Waals surface area contributed by atoms with Gasteiger partial charge in [-0.2, -0.15) is 0 Å². The lowest BCUT2D eigenvalue weighted by Crippen LogP contribution is -2.64. The van der Waals surface area contributed by atoms with Crippen molar-refractivity contribution in [3.8, 4) is 0 Å². The monoisotopic (exact) mass is 289 g/mol. The number of piperazine rings is 1. The SMILES string of the molecule is CCC1(CC)CN(Cc2cccc(C)n2)C(C(C)C)CN1. The molecule has 1 aromatic heterocycles. The lowest BCUT2D eigenvalue weighted by atomic mass is 9.86. The lowest BCUT2D eigenvalue weighted by Gasteiger charge is -2.48. The molecule has 0 aliphatic carbocycles. The van der Waals surface area contributed by atoms with Gasteiger partial charge in [-0.05, 0) is 37.8 Å². The zero-order chi connectivity index (χ0) is 15.5. The Morgan fingerprint density at radius 2 is 2.05 bits per heavy atom. The Bertz CT molecular complexity index is 452. The quantitative estimate of drug-likeness (QED) is 0.900. The van der Waals surface area contributed by atoms with Crippen LogP contribution in [0.15, 0.2) is 18.2 Å². The first-order valence-corrected chi connectivity index (χ1v) is 8.41. The molecule has 1 fully saturated rings. The fourth-order valence-corrected chi connectivity index (χ4v) is 3.46. The minimum absolute atomic E-state index is 0.273. The van der Waals surface area contributed by atoms with Crippen molar-refractivity contribution in [2.75, 3.05) is 13.1 Å². The maximum absolute atomic E-state index is 4.70. The highest BCUT2D eigenvalue weighted by Crippen LogP contribution is 2.26. The Labute approximate surface area is 130 Å². The van der Waals surface area contributed by atoms with Gasteiger partial charge in [-0.3, -0.25) is 9.88 Å². The highest BCUT2D eigenvalue weighted by atomic mass is 15.3. The van der Waals surface area contributed by atoms with Crippen molar-refractivity contribution in [2.24, 2.45) is 5.92 Å². The molecule has 3 heteroatoms. The van der Waals surface area contributed by atoms with E-state index in [0.717, 1.165) is 25.3 Å². The van der Waals surface area contributed by atoms with Gasteiger partial charge >= 0.3 is 0 Å². The van der Waals surface area contributed by atoms with Crippen LogP contribution in [0.5, 0.6) is 0 Å². The molecular formula is C18H31N3. The van der Waals surface area contributed by atoms with Crippen molar-refractivity contribution in [1.29, 1.82) is 0 Å². The molecule has 1 atom stereocenters. The molecule has 1 saturated heterocycles. The van der Waals surface area contributed by atoms with Crippen LogP contribution in [0.1, 0.15) is 51.9 Å². The summed E-state index contributed by atoms with van der Waals surface area (Å²) in [6.45, 7) is 14.5. The number of hydrogen-bond acceptors (Lipinski definition) is 3. The first-order chi connectivity index (χ1) is 9.99. The van der Waals surface area contributed by atoms with Gasteiger partial charge in [0.15, 0.2) is 0 Å². The number of aryl methyl sites for hydroxylation is 1. The third kappa shape index (κ3) is 3.83. The summed E-state index contributed by atoms with van der Waals surface area (Å²) < 4.78 is 0. The number of nitrogens with zero attached hydrogens (tertiary/aromatic N) is 2. The predicted molar refractivity (Wildman–Crippen MR) is 89.3 cm³/mol. The second kappa shape index (κ2) is 6.89. The molecule has 0 amide bonds. The molecule has 0 spiro atoms. The summed E-state index contributed by atoms with van der Waals surface area (Å²) >= 11 is 0. The average Bonchev–Trinajstić information content (AvgIpc) is 2.47. The summed E-state index contributed by atoms with van der Waals surface area (Å²) in [4.78, 5) is 7.35. The van der Waals surface area contributed by atoms with Gasteiger partial charge in [0, 0.05) is 36.9 Å². The maximum Gasteiger partial charge on any atom is 0.0547 e. The van der Waals surface area contributed by atoms with Crippen LogP contribution in [-0.2, 0) is 6.54 Å². The first-order valence-electron chi connectivity index (χ1n) is 8.41. The van der Waals surface area contributed by atoms with Crippen LogP contribution in [-0.4, -0.2) is 34.6 Å². The summed E-state index contributed by atoms with van der Waals surface area (Å²) in [5, 5.41) is 3.83. The van der Waals surface area contributed by atoms with Gasteiger partial charge in [0.25, 0.3) is 0 Å². The summed E-state index contributed by atoms with van der Waals surface area (Å²) in [7, 11) is 0. The van der Waals surface area contributed by atoms with Gasteiger partial charge in [-0.1, -0.05) is 33.8 Å². The Morgan fingerprint density at radius 3 is 2.62 bits per heavy atom. The fourth-order valence-electron chi connectivity index (χ4n) is 3.46. The van der Waals surface area contributed by atoms with E-state index in [9.17, 15) is 0 Å². The Morgan fingerprint density at radius 1 is 1.33 bits per heavy atom. The minimum atomic E-state index is 0.273. The van der Waals surface area contributed by atoms with Crippen molar-refractivity contribution < 1.29 is 0 Å². The molecule has 21 heavy (non-hydrogen) atoms. The van der Waals surface area contributed by atoms with E-state index in [2.05, 4.69) is 63.0 Å². The molecule has 2 heterocycles. The highest BCUT2D eigenvalue weighted by Gasteiger charge is 2.37. The van der Waals surface area contributed by atoms with E-state index in [-0.39, 0.29) is 5.54 Å². The van der Waals surface area contributed by atoms with Crippen LogP contribution in [0.3, 0.4) is 0 Å². The Hall–Kier alpha value is -0.930. The third-order valence-electron chi connectivity index (χ3n) is 5.10. The van der Waals surface area contributed by atoms with Crippen LogP contribution < -0.4 is 5.32 Å². The van der Waals surface area contributed by atoms with Crippen LogP contribution in [0.2, 0.25) is 0 Å². The van der Waals surface area contributed by atoms with E-state index in [4.69, 9.17) is 4.98 Å². The Kier molecular flexibility index (Phi) is 5.39. The fraction of sp³-hybridized carbons (Fsp3) is 0.722. The number of aromatic nitrogens is 1.